The number of nitrogens with zero attached hydrogens (tertiary/aromatic N) is 2. The standard InChI is InChI=1S/C16H10Cl2N2O4/c17-9-5-6-13(21)11(7-9)16(22)23-8-14-19-15(20-24-14)10-3-1-2-4-12(10)18/h1-7,21H,8H2. The molecule has 0 radical (unpaired) electrons. The van der Waals surface area contributed by atoms with Crippen LogP contribution >= 0.6 is 23.2 Å². The second-order valence-electron chi connectivity index (χ2n) is 4.73. The molecule has 122 valence electrons. The Balaban J connectivity index is 1.71. The number of carbonyl (C=O) groups excluding carboxylic acids is 1. The molecule has 3 rings (SSSR count). The molecule has 0 aliphatic rings. The molecule has 1 aromatic heterocycles. The SMILES string of the molecule is O=C(OCc1nc(-c2ccccc2Cl)no1)c1cc(Cl)ccc1O. The smallest absolute Gasteiger partial charge is 0.342 e. The van der Waals surface area contributed by atoms with Crippen LogP contribution in [0.25, 0.3) is 11.4 Å². The van der Waals surface area contributed by atoms with Crippen molar-refractivity contribution < 1.29 is 19.2 Å². The van der Waals surface area contributed by atoms with Gasteiger partial charge in [-0.05, 0) is 30.3 Å². The van der Waals surface area contributed by atoms with E-state index < -0.39 is 5.97 Å². The minimum absolute atomic E-state index is 0.0478. The first kappa shape index (κ1) is 16.3. The topological polar surface area (TPSA) is 85.5 Å². The zero-order chi connectivity index (χ0) is 17.1. The Morgan fingerprint density at radius 3 is 2.79 bits per heavy atom. The van der Waals surface area contributed by atoms with Gasteiger partial charge in [-0.3, -0.25) is 0 Å². The Morgan fingerprint density at radius 2 is 2.00 bits per heavy atom. The van der Waals surface area contributed by atoms with Gasteiger partial charge in [0.05, 0.1) is 5.02 Å². The maximum absolute atomic E-state index is 12.0. The highest BCUT2D eigenvalue weighted by atomic mass is 35.5. The van der Waals surface area contributed by atoms with Gasteiger partial charge >= 0.3 is 5.97 Å². The molecule has 0 atom stereocenters. The van der Waals surface area contributed by atoms with Crippen LogP contribution < -0.4 is 0 Å². The van der Waals surface area contributed by atoms with E-state index in [1.807, 2.05) is 0 Å². The van der Waals surface area contributed by atoms with E-state index in [1.165, 1.54) is 18.2 Å². The number of rotatable bonds is 4. The first-order valence-electron chi connectivity index (χ1n) is 6.77. The molecule has 0 spiro atoms. The summed E-state index contributed by atoms with van der Waals surface area (Å²) in [7, 11) is 0. The molecule has 8 heteroatoms. The predicted molar refractivity (Wildman–Crippen MR) is 87.0 cm³/mol. The minimum Gasteiger partial charge on any atom is -0.507 e. The van der Waals surface area contributed by atoms with Crippen molar-refractivity contribution in [2.24, 2.45) is 0 Å². The second kappa shape index (κ2) is 6.90. The number of aromatic nitrogens is 2. The van der Waals surface area contributed by atoms with Gasteiger partial charge in [0.25, 0.3) is 5.89 Å². The first-order valence-corrected chi connectivity index (χ1v) is 7.53. The Morgan fingerprint density at radius 1 is 1.21 bits per heavy atom. The molecule has 2 aromatic carbocycles. The first-order chi connectivity index (χ1) is 11.5. The van der Waals surface area contributed by atoms with Crippen molar-refractivity contribution in [3.8, 4) is 17.1 Å². The van der Waals surface area contributed by atoms with Gasteiger partial charge in [0.15, 0.2) is 6.61 Å². The van der Waals surface area contributed by atoms with Crippen molar-refractivity contribution in [2.75, 3.05) is 0 Å². The van der Waals surface area contributed by atoms with Crippen LogP contribution in [-0.4, -0.2) is 21.2 Å². The summed E-state index contributed by atoms with van der Waals surface area (Å²) in [6, 6.07) is 11.1. The van der Waals surface area contributed by atoms with Gasteiger partial charge in [-0.2, -0.15) is 4.98 Å². The number of hydrogen-bond donors (Lipinski definition) is 1. The van der Waals surface area contributed by atoms with Gasteiger partial charge in [-0.1, -0.05) is 40.5 Å². The van der Waals surface area contributed by atoms with Crippen molar-refractivity contribution in [3.05, 3.63) is 64.0 Å². The molecule has 3 aromatic rings. The molecule has 0 fully saturated rings. The fourth-order valence-corrected chi connectivity index (χ4v) is 2.33. The molecule has 0 aliphatic carbocycles. The molecule has 6 nitrogen and oxygen atoms in total. The van der Waals surface area contributed by atoms with E-state index in [1.54, 1.807) is 24.3 Å². The molecule has 0 aliphatic heterocycles. The van der Waals surface area contributed by atoms with Crippen LogP contribution in [-0.2, 0) is 11.3 Å². The van der Waals surface area contributed by atoms with Crippen LogP contribution in [0.2, 0.25) is 10.0 Å². The van der Waals surface area contributed by atoms with Crippen molar-refractivity contribution in [2.45, 2.75) is 6.61 Å². The summed E-state index contributed by atoms with van der Waals surface area (Å²) in [5.74, 6) is -0.601. The van der Waals surface area contributed by atoms with Gasteiger partial charge in [-0.15, -0.1) is 0 Å². The summed E-state index contributed by atoms with van der Waals surface area (Å²) < 4.78 is 10.1. The Hall–Kier alpha value is -2.57. The predicted octanol–water partition coefficient (Wildman–Crippen LogP) is 4.11. The third-order valence-corrected chi connectivity index (χ3v) is 3.65. The Labute approximate surface area is 146 Å². The van der Waals surface area contributed by atoms with E-state index in [0.29, 0.717) is 15.6 Å². The molecular formula is C16H10Cl2N2O4. The number of ether oxygens (including phenoxy) is 1. The highest BCUT2D eigenvalue weighted by Gasteiger charge is 2.16. The number of hydrogen-bond acceptors (Lipinski definition) is 6. The molecule has 0 bridgehead atoms. The molecule has 1 N–H and O–H groups in total. The zero-order valence-corrected chi connectivity index (χ0v) is 13.6. The minimum atomic E-state index is -0.757. The van der Waals surface area contributed by atoms with Crippen LogP contribution in [0.5, 0.6) is 5.75 Å². The fourth-order valence-electron chi connectivity index (χ4n) is 1.94. The van der Waals surface area contributed by atoms with Crippen LogP contribution in [0.3, 0.4) is 0 Å². The zero-order valence-electron chi connectivity index (χ0n) is 12.1. The maximum Gasteiger partial charge on any atom is 0.342 e. The van der Waals surface area contributed by atoms with Crippen LogP contribution in [0.4, 0.5) is 0 Å². The van der Waals surface area contributed by atoms with E-state index in [4.69, 9.17) is 32.5 Å². The molecule has 0 saturated carbocycles. The summed E-state index contributed by atoms with van der Waals surface area (Å²) in [5.41, 5.74) is 0.557. The van der Waals surface area contributed by atoms with E-state index in [2.05, 4.69) is 10.1 Å². The highest BCUT2D eigenvalue weighted by Crippen LogP contribution is 2.25. The van der Waals surface area contributed by atoms with Crippen LogP contribution in [0.1, 0.15) is 16.2 Å². The normalized spacial score (nSPS) is 10.6. The third-order valence-electron chi connectivity index (χ3n) is 3.09. The van der Waals surface area contributed by atoms with Crippen LogP contribution in [0.15, 0.2) is 47.0 Å². The summed E-state index contributed by atoms with van der Waals surface area (Å²) in [4.78, 5) is 16.1. The van der Waals surface area contributed by atoms with Crippen LogP contribution in [0, 0.1) is 0 Å². The number of phenols is 1. The number of phenolic OH excluding ortho intramolecular Hbond substituents is 1. The summed E-state index contributed by atoms with van der Waals surface area (Å²) >= 11 is 11.9. The number of aromatic hydroxyl groups is 1. The van der Waals surface area contributed by atoms with E-state index in [9.17, 15) is 9.90 Å². The Kier molecular flexibility index (Phi) is 4.69. The maximum atomic E-state index is 12.0. The third kappa shape index (κ3) is 3.50. The molecular weight excluding hydrogens is 355 g/mol. The van der Waals surface area contributed by atoms with Crippen molar-refractivity contribution in [3.63, 3.8) is 0 Å². The van der Waals surface area contributed by atoms with Gasteiger partial charge in [0, 0.05) is 10.6 Å². The van der Waals surface area contributed by atoms with Gasteiger partial charge < -0.3 is 14.4 Å². The molecule has 0 saturated heterocycles. The number of esters is 1. The van der Waals surface area contributed by atoms with Gasteiger partial charge in [-0.25, -0.2) is 4.79 Å². The lowest BCUT2D eigenvalue weighted by Gasteiger charge is -2.04. The molecule has 0 amide bonds. The fraction of sp³-hybridized carbons (Fsp3) is 0.0625. The lowest BCUT2D eigenvalue weighted by atomic mass is 10.2. The summed E-state index contributed by atoms with van der Waals surface area (Å²) in [5, 5.41) is 14.2. The summed E-state index contributed by atoms with van der Waals surface area (Å²) in [6.45, 7) is -0.248. The van der Waals surface area contributed by atoms with Crippen molar-refractivity contribution in [1.29, 1.82) is 0 Å². The average Bonchev–Trinajstić information content (AvgIpc) is 3.04. The Bertz CT molecular complexity index is 895. The molecule has 1 heterocycles. The molecule has 0 unspecified atom stereocenters. The second-order valence-corrected chi connectivity index (χ2v) is 5.57. The lowest BCUT2D eigenvalue weighted by molar-refractivity contribution is 0.0426. The quantitative estimate of drug-likeness (QED) is 0.701. The number of carbonyl (C=O) groups is 1. The van der Waals surface area contributed by atoms with Crippen molar-refractivity contribution >= 4 is 29.2 Å². The largest absolute Gasteiger partial charge is 0.507 e. The van der Waals surface area contributed by atoms with Gasteiger partial charge in [0.1, 0.15) is 11.3 Å². The lowest BCUT2D eigenvalue weighted by Crippen LogP contribution is -2.05. The average molecular weight is 365 g/mol. The van der Waals surface area contributed by atoms with E-state index in [0.717, 1.165) is 0 Å². The number of halogens is 2. The molecule has 24 heavy (non-hydrogen) atoms. The summed E-state index contributed by atoms with van der Waals surface area (Å²) in [6.07, 6.45) is 0. The van der Waals surface area contributed by atoms with Crippen molar-refractivity contribution in [1.82, 2.24) is 10.1 Å². The van der Waals surface area contributed by atoms with E-state index in [-0.39, 0.29) is 29.6 Å². The highest BCUT2D eigenvalue weighted by molar-refractivity contribution is 6.33. The number of benzene rings is 2. The monoisotopic (exact) mass is 364 g/mol. The van der Waals surface area contributed by atoms with E-state index >= 15 is 0 Å². The van der Waals surface area contributed by atoms with Gasteiger partial charge in [0.2, 0.25) is 5.82 Å².